The Kier molecular flexibility index (Phi) is 5.98. The molecule has 1 aliphatic carbocycles. The van der Waals surface area contributed by atoms with E-state index in [0.717, 1.165) is 44.0 Å². The van der Waals surface area contributed by atoms with Gasteiger partial charge in [0.25, 0.3) is 12.3 Å². The summed E-state index contributed by atoms with van der Waals surface area (Å²) < 4.78 is 41.2. The predicted octanol–water partition coefficient (Wildman–Crippen LogP) is 6.18. The first-order chi connectivity index (χ1) is 17.4. The van der Waals surface area contributed by atoms with Gasteiger partial charge in [0.05, 0.1) is 36.0 Å². The van der Waals surface area contributed by atoms with E-state index in [1.807, 2.05) is 12.1 Å². The highest BCUT2D eigenvalue weighted by Crippen LogP contribution is 2.39. The van der Waals surface area contributed by atoms with E-state index in [4.69, 9.17) is 9.15 Å². The van der Waals surface area contributed by atoms with E-state index in [1.54, 1.807) is 23.0 Å². The van der Waals surface area contributed by atoms with Crippen LogP contribution in [0.2, 0.25) is 0 Å². The van der Waals surface area contributed by atoms with Crippen LogP contribution in [-0.2, 0) is 4.74 Å². The quantitative estimate of drug-likeness (QED) is 0.439. The Morgan fingerprint density at radius 1 is 1.17 bits per heavy atom. The molecule has 3 aliphatic rings. The third-order valence-corrected chi connectivity index (χ3v) is 8.23. The standard InChI is InChI=1S/C27H32F2N4O3/c1-15(2)16-6-8-18(9-7-16)33-13-22(24(31-33)26(28)29)30-27(34)21-5-3-4-17-10-23(36-25(17)21)32-12-20-11-19(32)14-35-20/h3-5,10,13,15-16,18-20,26H,6-9,11-12,14H2,1-2H3,(H,30,34)/t16-,18-,19?,20?. The number of hydrogen-bond acceptors (Lipinski definition) is 5. The SMILES string of the molecule is CC(C)[C@H]1CC[C@H](n2cc(NC(=O)c3cccc4cc(N5CC6CC5CO6)oc34)c(C(F)F)n2)CC1. The Bertz CT molecular complexity index is 1260. The van der Waals surface area contributed by atoms with Gasteiger partial charge in [-0.15, -0.1) is 0 Å². The van der Waals surface area contributed by atoms with Crippen LogP contribution in [0.5, 0.6) is 0 Å². The first kappa shape index (κ1) is 23.5. The van der Waals surface area contributed by atoms with Crippen LogP contribution in [0, 0.1) is 11.8 Å². The first-order valence-corrected chi connectivity index (χ1v) is 13.0. The van der Waals surface area contributed by atoms with E-state index in [1.165, 1.54) is 0 Å². The van der Waals surface area contributed by atoms with Crippen molar-refractivity contribution < 1.29 is 22.7 Å². The number of furan rings is 1. The van der Waals surface area contributed by atoms with Crippen molar-refractivity contribution in [2.75, 3.05) is 23.4 Å². The van der Waals surface area contributed by atoms with E-state index >= 15 is 0 Å². The molecular formula is C27H32F2N4O3. The number of hydrogen-bond donors (Lipinski definition) is 1. The summed E-state index contributed by atoms with van der Waals surface area (Å²) in [7, 11) is 0. The fourth-order valence-corrected chi connectivity index (χ4v) is 6.11. The molecule has 2 saturated heterocycles. The zero-order chi connectivity index (χ0) is 25.0. The minimum atomic E-state index is -2.78. The summed E-state index contributed by atoms with van der Waals surface area (Å²) in [6, 6.07) is 7.61. The van der Waals surface area contributed by atoms with Crippen LogP contribution in [0.4, 0.5) is 20.4 Å². The fourth-order valence-electron chi connectivity index (χ4n) is 6.11. The lowest BCUT2D eigenvalue weighted by Crippen LogP contribution is -2.36. The highest BCUT2D eigenvalue weighted by molar-refractivity contribution is 6.12. The van der Waals surface area contributed by atoms with E-state index < -0.39 is 18.0 Å². The second-order valence-electron chi connectivity index (χ2n) is 10.8. The molecule has 2 aromatic heterocycles. The van der Waals surface area contributed by atoms with Gasteiger partial charge < -0.3 is 19.4 Å². The van der Waals surface area contributed by atoms with Gasteiger partial charge in [0.1, 0.15) is 5.58 Å². The van der Waals surface area contributed by atoms with Crippen molar-refractivity contribution >= 4 is 28.4 Å². The molecule has 6 rings (SSSR count). The van der Waals surface area contributed by atoms with Crippen LogP contribution < -0.4 is 10.2 Å². The molecule has 1 N–H and O–H groups in total. The molecule has 1 aromatic carbocycles. The smallest absolute Gasteiger partial charge is 0.284 e. The molecule has 2 atom stereocenters. The molecule has 4 heterocycles. The minimum Gasteiger partial charge on any atom is -0.440 e. The molecule has 2 unspecified atom stereocenters. The molecule has 3 fully saturated rings. The van der Waals surface area contributed by atoms with Crippen LogP contribution in [0.15, 0.2) is 34.9 Å². The van der Waals surface area contributed by atoms with Gasteiger partial charge in [-0.05, 0) is 50.0 Å². The lowest BCUT2D eigenvalue weighted by atomic mass is 9.80. The molecular weight excluding hydrogens is 466 g/mol. The number of alkyl halides is 2. The number of benzene rings is 1. The summed E-state index contributed by atoms with van der Waals surface area (Å²) in [6.45, 7) is 5.90. The highest BCUT2D eigenvalue weighted by atomic mass is 19.3. The zero-order valence-electron chi connectivity index (χ0n) is 20.6. The summed E-state index contributed by atoms with van der Waals surface area (Å²) in [5.41, 5.74) is 0.421. The zero-order valence-corrected chi connectivity index (χ0v) is 20.6. The monoisotopic (exact) mass is 498 g/mol. The van der Waals surface area contributed by atoms with Crippen molar-refractivity contribution in [3.63, 3.8) is 0 Å². The van der Waals surface area contributed by atoms with Gasteiger partial charge >= 0.3 is 0 Å². The molecule has 3 aromatic rings. The number of nitrogens with zero attached hydrogens (tertiary/aromatic N) is 3. The van der Waals surface area contributed by atoms with E-state index in [2.05, 4.69) is 29.2 Å². The van der Waals surface area contributed by atoms with Crippen molar-refractivity contribution in [1.29, 1.82) is 0 Å². The average molecular weight is 499 g/mol. The predicted molar refractivity (Wildman–Crippen MR) is 133 cm³/mol. The molecule has 1 saturated carbocycles. The number of carbonyl (C=O) groups excluding carboxylic acids is 1. The molecule has 1 amide bonds. The number of anilines is 2. The van der Waals surface area contributed by atoms with Gasteiger partial charge in [-0.2, -0.15) is 5.10 Å². The number of morpholine rings is 1. The van der Waals surface area contributed by atoms with Gasteiger partial charge in [0.15, 0.2) is 11.6 Å². The number of para-hydroxylation sites is 1. The van der Waals surface area contributed by atoms with Crippen LogP contribution in [0.25, 0.3) is 11.0 Å². The summed E-state index contributed by atoms with van der Waals surface area (Å²) in [6.07, 6.45) is 3.89. The number of nitrogens with one attached hydrogen (secondary N) is 1. The lowest BCUT2D eigenvalue weighted by molar-refractivity contribution is 0.0977. The van der Waals surface area contributed by atoms with Crippen molar-refractivity contribution in [2.24, 2.45) is 11.8 Å². The maximum atomic E-state index is 13.9. The van der Waals surface area contributed by atoms with Gasteiger partial charge in [-0.1, -0.05) is 26.0 Å². The fraction of sp³-hybridized carbons (Fsp3) is 0.556. The van der Waals surface area contributed by atoms with Gasteiger partial charge in [0.2, 0.25) is 0 Å². The summed E-state index contributed by atoms with van der Waals surface area (Å²) in [5.74, 6) is 1.50. The second-order valence-corrected chi connectivity index (χ2v) is 10.8. The molecule has 9 heteroatoms. The lowest BCUT2D eigenvalue weighted by Gasteiger charge is -2.30. The molecule has 36 heavy (non-hydrogen) atoms. The number of halogens is 2. The Balaban J connectivity index is 1.23. The molecule has 2 aliphatic heterocycles. The molecule has 192 valence electrons. The number of fused-ring (bicyclic) bond motifs is 3. The Labute approximate surface area is 208 Å². The van der Waals surface area contributed by atoms with Crippen LogP contribution in [0.3, 0.4) is 0 Å². The van der Waals surface area contributed by atoms with Crippen molar-refractivity contribution in [3.8, 4) is 0 Å². The number of ether oxygens (including phenoxy) is 1. The van der Waals surface area contributed by atoms with Crippen molar-refractivity contribution in [1.82, 2.24) is 9.78 Å². The Morgan fingerprint density at radius 3 is 2.64 bits per heavy atom. The maximum absolute atomic E-state index is 13.9. The van der Waals surface area contributed by atoms with E-state index in [9.17, 15) is 13.6 Å². The largest absolute Gasteiger partial charge is 0.440 e. The Morgan fingerprint density at radius 2 is 1.97 bits per heavy atom. The van der Waals surface area contributed by atoms with E-state index in [0.29, 0.717) is 35.5 Å². The van der Waals surface area contributed by atoms with E-state index in [-0.39, 0.29) is 23.9 Å². The Hall–Kier alpha value is -2.94. The second kappa shape index (κ2) is 9.18. The number of amides is 1. The highest BCUT2D eigenvalue weighted by Gasteiger charge is 2.40. The number of aromatic nitrogens is 2. The summed E-state index contributed by atoms with van der Waals surface area (Å²) in [4.78, 5) is 15.5. The van der Waals surface area contributed by atoms with Gasteiger partial charge in [-0.25, -0.2) is 8.78 Å². The topological polar surface area (TPSA) is 72.5 Å². The molecule has 7 nitrogen and oxygen atoms in total. The molecule has 0 spiro atoms. The minimum absolute atomic E-state index is 0.0544. The van der Waals surface area contributed by atoms with Crippen LogP contribution >= 0.6 is 0 Å². The van der Waals surface area contributed by atoms with Crippen LogP contribution in [0.1, 0.15) is 74.5 Å². The van der Waals surface area contributed by atoms with Crippen molar-refractivity contribution in [3.05, 3.63) is 41.7 Å². The summed E-state index contributed by atoms with van der Waals surface area (Å²) in [5, 5.41) is 7.70. The molecule has 0 radical (unpaired) electrons. The normalized spacial score (nSPS) is 26.0. The van der Waals surface area contributed by atoms with Gasteiger partial charge in [0, 0.05) is 24.2 Å². The number of carbonyl (C=O) groups is 1. The molecule has 2 bridgehead atoms. The maximum Gasteiger partial charge on any atom is 0.284 e. The number of rotatable bonds is 6. The van der Waals surface area contributed by atoms with Crippen LogP contribution in [-0.4, -0.2) is 41.0 Å². The average Bonchev–Trinajstić information content (AvgIpc) is 3.66. The van der Waals surface area contributed by atoms with Crippen molar-refractivity contribution in [2.45, 2.75) is 70.6 Å². The third kappa shape index (κ3) is 4.17. The first-order valence-electron chi connectivity index (χ1n) is 13.0. The van der Waals surface area contributed by atoms with Gasteiger partial charge in [-0.3, -0.25) is 9.48 Å². The third-order valence-electron chi connectivity index (χ3n) is 8.23. The summed E-state index contributed by atoms with van der Waals surface area (Å²) >= 11 is 0.